The van der Waals surface area contributed by atoms with Crippen LogP contribution >= 0.6 is 0 Å². The fourth-order valence-electron chi connectivity index (χ4n) is 0.957. The van der Waals surface area contributed by atoms with Crippen LogP contribution in [0.4, 0.5) is 18.9 Å². The number of hydrogen-bond donors (Lipinski definition) is 0. The first-order chi connectivity index (χ1) is 6.99. The van der Waals surface area contributed by atoms with Gasteiger partial charge < -0.3 is 4.74 Å². The molecular formula is C7H5F3N2O3. The maximum atomic E-state index is 13.2. The van der Waals surface area contributed by atoms with Crippen LogP contribution in [-0.2, 0) is 0 Å². The standard InChI is InChI=1S/C7H5F3N2O3/c1-15-7-4(6(9)10)5(8)3(2-11-7)12(13)14/h2,6H,1H3. The Morgan fingerprint density at radius 3 is 2.60 bits per heavy atom. The molecule has 1 aromatic rings. The number of aromatic nitrogens is 1. The molecule has 5 nitrogen and oxygen atoms in total. The second kappa shape index (κ2) is 4.11. The zero-order valence-corrected chi connectivity index (χ0v) is 7.41. The predicted molar refractivity (Wildman–Crippen MR) is 42.4 cm³/mol. The van der Waals surface area contributed by atoms with Crippen molar-refractivity contribution in [1.82, 2.24) is 4.98 Å². The monoisotopic (exact) mass is 222 g/mol. The van der Waals surface area contributed by atoms with Gasteiger partial charge in [-0.15, -0.1) is 0 Å². The quantitative estimate of drug-likeness (QED) is 0.580. The van der Waals surface area contributed by atoms with E-state index in [0.717, 1.165) is 7.11 Å². The molecule has 1 heterocycles. The van der Waals surface area contributed by atoms with Gasteiger partial charge in [0.1, 0.15) is 11.8 Å². The number of alkyl halides is 2. The summed E-state index contributed by atoms with van der Waals surface area (Å²) in [7, 11) is 1.01. The van der Waals surface area contributed by atoms with Gasteiger partial charge >= 0.3 is 5.69 Å². The van der Waals surface area contributed by atoms with Crippen LogP contribution < -0.4 is 4.74 Å². The first kappa shape index (κ1) is 11.2. The molecule has 0 atom stereocenters. The topological polar surface area (TPSA) is 65.3 Å². The molecule has 15 heavy (non-hydrogen) atoms. The average molecular weight is 222 g/mol. The molecule has 0 aromatic carbocycles. The van der Waals surface area contributed by atoms with Crippen LogP contribution in [-0.4, -0.2) is 17.0 Å². The largest absolute Gasteiger partial charge is 0.481 e. The zero-order valence-electron chi connectivity index (χ0n) is 7.41. The molecule has 0 aliphatic rings. The van der Waals surface area contributed by atoms with Crippen LogP contribution in [0.3, 0.4) is 0 Å². The second-order valence-electron chi connectivity index (χ2n) is 2.44. The molecule has 8 heteroatoms. The predicted octanol–water partition coefficient (Wildman–Crippen LogP) is 2.08. The maximum absolute atomic E-state index is 13.2. The molecule has 82 valence electrons. The fourth-order valence-corrected chi connectivity index (χ4v) is 0.957. The van der Waals surface area contributed by atoms with Gasteiger partial charge in [0.05, 0.1) is 12.0 Å². The average Bonchev–Trinajstić information content (AvgIpc) is 2.15. The highest BCUT2D eigenvalue weighted by molar-refractivity contribution is 5.40. The molecule has 0 fully saturated rings. The lowest BCUT2D eigenvalue weighted by atomic mass is 10.2. The number of halogens is 3. The third kappa shape index (κ3) is 1.97. The van der Waals surface area contributed by atoms with E-state index in [1.54, 1.807) is 0 Å². The normalized spacial score (nSPS) is 10.5. The summed E-state index contributed by atoms with van der Waals surface area (Å²) in [6.07, 6.45) is -2.70. The third-order valence-corrected chi connectivity index (χ3v) is 1.60. The van der Waals surface area contributed by atoms with Gasteiger partial charge in [-0.3, -0.25) is 10.1 Å². The molecule has 1 aromatic heterocycles. The Kier molecular flexibility index (Phi) is 3.08. The Morgan fingerprint density at radius 1 is 1.60 bits per heavy atom. The highest BCUT2D eigenvalue weighted by Crippen LogP contribution is 2.33. The van der Waals surface area contributed by atoms with Gasteiger partial charge in [0.2, 0.25) is 11.7 Å². The maximum Gasteiger partial charge on any atom is 0.323 e. The van der Waals surface area contributed by atoms with E-state index in [4.69, 9.17) is 0 Å². The Labute approximate surface area is 81.6 Å². The van der Waals surface area contributed by atoms with Gasteiger partial charge in [-0.05, 0) is 0 Å². The van der Waals surface area contributed by atoms with Crippen LogP contribution in [0.15, 0.2) is 6.20 Å². The Balaban J connectivity index is 3.42. The van der Waals surface area contributed by atoms with Crippen molar-refractivity contribution in [2.75, 3.05) is 7.11 Å². The molecule has 0 saturated carbocycles. The third-order valence-electron chi connectivity index (χ3n) is 1.60. The summed E-state index contributed by atoms with van der Waals surface area (Å²) in [5, 5.41) is 10.2. The van der Waals surface area contributed by atoms with E-state index in [1.807, 2.05) is 0 Å². The highest BCUT2D eigenvalue weighted by Gasteiger charge is 2.28. The van der Waals surface area contributed by atoms with E-state index in [9.17, 15) is 23.3 Å². The van der Waals surface area contributed by atoms with Gasteiger partial charge in [0, 0.05) is 0 Å². The summed E-state index contributed by atoms with van der Waals surface area (Å²) in [5.74, 6) is -2.28. The van der Waals surface area contributed by atoms with Crippen LogP contribution in [0.1, 0.15) is 12.0 Å². The number of ether oxygens (including phenoxy) is 1. The van der Waals surface area contributed by atoms with E-state index >= 15 is 0 Å². The smallest absolute Gasteiger partial charge is 0.323 e. The first-order valence-corrected chi connectivity index (χ1v) is 3.64. The summed E-state index contributed by atoms with van der Waals surface area (Å²) >= 11 is 0. The molecule has 1 rings (SSSR count). The van der Waals surface area contributed by atoms with Crippen molar-refractivity contribution in [2.45, 2.75) is 6.43 Å². The molecule has 0 aliphatic heterocycles. The van der Waals surface area contributed by atoms with Crippen LogP contribution in [0, 0.1) is 15.9 Å². The lowest BCUT2D eigenvalue weighted by Gasteiger charge is -2.06. The van der Waals surface area contributed by atoms with E-state index in [1.165, 1.54) is 0 Å². The number of methoxy groups -OCH3 is 1. The minimum atomic E-state index is -3.23. The summed E-state index contributed by atoms with van der Waals surface area (Å²) in [5.41, 5.74) is -2.31. The number of rotatable bonds is 3. The zero-order chi connectivity index (χ0) is 11.6. The SMILES string of the molecule is COc1ncc([N+](=O)[O-])c(F)c1C(F)F. The van der Waals surface area contributed by atoms with Crippen LogP contribution in [0.5, 0.6) is 5.88 Å². The molecule has 0 saturated heterocycles. The van der Waals surface area contributed by atoms with Gasteiger partial charge in [-0.2, -0.15) is 4.39 Å². The van der Waals surface area contributed by atoms with Crippen molar-refractivity contribution in [2.24, 2.45) is 0 Å². The lowest BCUT2D eigenvalue weighted by molar-refractivity contribution is -0.388. The van der Waals surface area contributed by atoms with Crippen molar-refractivity contribution in [3.05, 3.63) is 27.7 Å². The number of hydrogen-bond acceptors (Lipinski definition) is 4. The van der Waals surface area contributed by atoms with E-state index in [2.05, 4.69) is 9.72 Å². The van der Waals surface area contributed by atoms with Crippen LogP contribution in [0.25, 0.3) is 0 Å². The van der Waals surface area contributed by atoms with Crippen molar-refractivity contribution in [1.29, 1.82) is 0 Å². The van der Waals surface area contributed by atoms with E-state index < -0.39 is 34.3 Å². The number of nitrogens with zero attached hydrogens (tertiary/aromatic N) is 2. The minimum Gasteiger partial charge on any atom is -0.481 e. The summed E-state index contributed by atoms with van der Waals surface area (Å²) in [4.78, 5) is 12.3. The molecule has 0 N–H and O–H groups in total. The lowest BCUT2D eigenvalue weighted by Crippen LogP contribution is -2.03. The minimum absolute atomic E-state index is 0.528. The molecule has 0 amide bonds. The Morgan fingerprint density at radius 2 is 2.20 bits per heavy atom. The first-order valence-electron chi connectivity index (χ1n) is 3.64. The van der Waals surface area contributed by atoms with Crippen molar-refractivity contribution in [3.63, 3.8) is 0 Å². The number of nitro groups is 1. The van der Waals surface area contributed by atoms with Crippen molar-refractivity contribution in [3.8, 4) is 5.88 Å². The summed E-state index contributed by atoms with van der Waals surface area (Å²) in [6, 6.07) is 0. The molecule has 0 bridgehead atoms. The van der Waals surface area contributed by atoms with Gasteiger partial charge in [0.25, 0.3) is 6.43 Å². The van der Waals surface area contributed by atoms with Crippen LogP contribution in [0.2, 0.25) is 0 Å². The van der Waals surface area contributed by atoms with Crippen molar-refractivity contribution >= 4 is 5.69 Å². The van der Waals surface area contributed by atoms with Gasteiger partial charge in [0.15, 0.2) is 0 Å². The molecule has 0 unspecified atom stereocenters. The fraction of sp³-hybridized carbons (Fsp3) is 0.286. The highest BCUT2D eigenvalue weighted by atomic mass is 19.3. The van der Waals surface area contributed by atoms with E-state index in [0.29, 0.717) is 6.20 Å². The number of pyridine rings is 1. The Bertz CT molecular complexity index is 397. The molecule has 0 aliphatic carbocycles. The molecule has 0 spiro atoms. The Hall–Kier alpha value is -1.86. The summed E-state index contributed by atoms with van der Waals surface area (Å²) in [6.45, 7) is 0. The van der Waals surface area contributed by atoms with E-state index in [-0.39, 0.29) is 0 Å². The molecular weight excluding hydrogens is 217 g/mol. The summed E-state index contributed by atoms with van der Waals surface area (Å²) < 4.78 is 42.2. The van der Waals surface area contributed by atoms with Gasteiger partial charge in [-0.25, -0.2) is 13.8 Å². The molecule has 0 radical (unpaired) electrons. The van der Waals surface area contributed by atoms with Gasteiger partial charge in [-0.1, -0.05) is 0 Å². The second-order valence-corrected chi connectivity index (χ2v) is 2.44. The van der Waals surface area contributed by atoms with Crippen molar-refractivity contribution < 1.29 is 22.8 Å².